The van der Waals surface area contributed by atoms with Crippen LogP contribution in [0, 0.1) is 10.1 Å². The first-order valence-electron chi connectivity index (χ1n) is 10.7. The molecule has 0 aliphatic carbocycles. The third-order valence-corrected chi connectivity index (χ3v) is 5.70. The van der Waals surface area contributed by atoms with E-state index in [-0.39, 0.29) is 18.1 Å². The minimum absolute atomic E-state index is 0.0243. The second-order valence-electron chi connectivity index (χ2n) is 7.47. The van der Waals surface area contributed by atoms with Crippen molar-refractivity contribution in [3.8, 4) is 11.5 Å². The summed E-state index contributed by atoms with van der Waals surface area (Å²) in [5.41, 5.74) is 4.14. The molecule has 4 rings (SSSR count). The molecule has 3 aromatic carbocycles. The highest BCUT2D eigenvalue weighted by Crippen LogP contribution is 2.30. The molecule has 0 aliphatic heterocycles. The van der Waals surface area contributed by atoms with Crippen molar-refractivity contribution in [1.29, 1.82) is 0 Å². The molecule has 0 fully saturated rings. The molecule has 11 heteroatoms. The molecule has 0 spiro atoms. The van der Waals surface area contributed by atoms with Gasteiger partial charge in [0.25, 0.3) is 5.69 Å². The van der Waals surface area contributed by atoms with Crippen LogP contribution >= 0.6 is 23.2 Å². The molecule has 1 heterocycles. The fourth-order valence-corrected chi connectivity index (χ4v) is 3.58. The van der Waals surface area contributed by atoms with Gasteiger partial charge in [-0.1, -0.05) is 29.3 Å². The van der Waals surface area contributed by atoms with Crippen LogP contribution in [-0.2, 0) is 6.61 Å². The maximum absolute atomic E-state index is 12.4. The van der Waals surface area contributed by atoms with Crippen molar-refractivity contribution < 1.29 is 23.6 Å². The summed E-state index contributed by atoms with van der Waals surface area (Å²) >= 11 is 12.0. The summed E-state index contributed by atoms with van der Waals surface area (Å²) in [6.45, 7) is 2.54. The van der Waals surface area contributed by atoms with E-state index in [0.29, 0.717) is 44.7 Å². The molecule has 36 heavy (non-hydrogen) atoms. The minimum Gasteiger partial charge on any atom is -0.490 e. The number of carbonyl (C=O) groups is 1. The largest absolute Gasteiger partial charge is 0.490 e. The molecule has 1 N–H and O–H groups in total. The van der Waals surface area contributed by atoms with Gasteiger partial charge in [0.1, 0.15) is 12.2 Å². The molecular weight excluding hydrogens is 509 g/mol. The Morgan fingerprint density at radius 2 is 1.89 bits per heavy atom. The number of hydrogen-bond acceptors (Lipinski definition) is 7. The van der Waals surface area contributed by atoms with E-state index in [1.54, 1.807) is 30.3 Å². The zero-order valence-corrected chi connectivity index (χ0v) is 20.4. The Labute approximate surface area is 215 Å². The van der Waals surface area contributed by atoms with Crippen LogP contribution in [0.4, 0.5) is 5.69 Å². The first-order valence-corrected chi connectivity index (χ1v) is 11.4. The Morgan fingerprint density at radius 3 is 2.64 bits per heavy atom. The van der Waals surface area contributed by atoms with Gasteiger partial charge < -0.3 is 13.9 Å². The summed E-state index contributed by atoms with van der Waals surface area (Å²) in [5.74, 6) is 0.410. The van der Waals surface area contributed by atoms with E-state index >= 15 is 0 Å². The second-order valence-corrected chi connectivity index (χ2v) is 8.28. The zero-order valence-electron chi connectivity index (χ0n) is 18.9. The van der Waals surface area contributed by atoms with Crippen molar-refractivity contribution in [2.75, 3.05) is 6.61 Å². The maximum Gasteiger partial charge on any atom is 0.307 e. The molecule has 1 amide bonds. The standard InChI is InChI=1S/C25H19Cl2N3O6/c1-2-34-23-10-15(4-7-22(23)35-14-16-3-6-19(26)20(27)9-16)13-28-29-25(31)24-12-17-11-18(30(32)33)5-8-21(17)36-24/h3-13H,2,14H2,1H3,(H,29,31)/b28-13+. The van der Waals surface area contributed by atoms with Crippen molar-refractivity contribution in [2.24, 2.45) is 5.10 Å². The predicted octanol–water partition coefficient (Wildman–Crippen LogP) is 6.39. The topological polar surface area (TPSA) is 116 Å². The molecule has 0 unspecified atom stereocenters. The lowest BCUT2D eigenvalue weighted by Crippen LogP contribution is -2.16. The number of benzene rings is 3. The minimum atomic E-state index is -0.600. The van der Waals surface area contributed by atoms with E-state index in [1.165, 1.54) is 30.5 Å². The SMILES string of the molecule is CCOc1cc(/C=N/NC(=O)c2cc3cc([N+](=O)[O-])ccc3o2)ccc1OCc1ccc(Cl)c(Cl)c1. The van der Waals surface area contributed by atoms with Gasteiger partial charge in [-0.05, 0) is 60.5 Å². The lowest BCUT2D eigenvalue weighted by atomic mass is 10.2. The molecule has 4 aromatic rings. The number of nitrogens with one attached hydrogen (secondary N) is 1. The highest BCUT2D eigenvalue weighted by atomic mass is 35.5. The summed E-state index contributed by atoms with van der Waals surface area (Å²) in [7, 11) is 0. The van der Waals surface area contributed by atoms with Gasteiger partial charge in [-0.2, -0.15) is 5.10 Å². The highest BCUT2D eigenvalue weighted by molar-refractivity contribution is 6.42. The molecule has 0 saturated carbocycles. The number of furan rings is 1. The predicted molar refractivity (Wildman–Crippen MR) is 136 cm³/mol. The Bertz CT molecular complexity index is 1470. The fourth-order valence-electron chi connectivity index (χ4n) is 3.26. The van der Waals surface area contributed by atoms with Crippen LogP contribution in [0.5, 0.6) is 11.5 Å². The number of hydrogen-bond donors (Lipinski definition) is 1. The van der Waals surface area contributed by atoms with E-state index in [4.69, 9.17) is 37.1 Å². The van der Waals surface area contributed by atoms with Gasteiger partial charge in [-0.3, -0.25) is 14.9 Å². The van der Waals surface area contributed by atoms with Crippen molar-refractivity contribution in [1.82, 2.24) is 5.43 Å². The number of nitro groups is 1. The summed E-state index contributed by atoms with van der Waals surface area (Å²) in [4.78, 5) is 22.8. The number of ether oxygens (including phenoxy) is 2. The molecule has 9 nitrogen and oxygen atoms in total. The first kappa shape index (κ1) is 25.0. The van der Waals surface area contributed by atoms with Gasteiger partial charge in [0.05, 0.1) is 27.8 Å². The lowest BCUT2D eigenvalue weighted by Gasteiger charge is -2.13. The molecule has 0 bridgehead atoms. The number of fused-ring (bicyclic) bond motifs is 1. The molecule has 0 saturated heterocycles. The lowest BCUT2D eigenvalue weighted by molar-refractivity contribution is -0.384. The number of halogens is 2. The number of nitrogens with zero attached hydrogens (tertiary/aromatic N) is 2. The van der Waals surface area contributed by atoms with E-state index in [1.807, 2.05) is 13.0 Å². The number of carbonyl (C=O) groups excluding carboxylic acids is 1. The van der Waals surface area contributed by atoms with Gasteiger partial charge in [0.2, 0.25) is 0 Å². The molecule has 184 valence electrons. The van der Waals surface area contributed by atoms with Gasteiger partial charge in [0, 0.05) is 17.5 Å². The summed E-state index contributed by atoms with van der Waals surface area (Å²) < 4.78 is 17.0. The Hall–Kier alpha value is -4.08. The van der Waals surface area contributed by atoms with Crippen molar-refractivity contribution in [3.05, 3.63) is 97.7 Å². The van der Waals surface area contributed by atoms with Gasteiger partial charge in [-0.15, -0.1) is 0 Å². The molecule has 0 radical (unpaired) electrons. The second kappa shape index (κ2) is 11.1. The van der Waals surface area contributed by atoms with Gasteiger partial charge in [-0.25, -0.2) is 5.43 Å². The van der Waals surface area contributed by atoms with Crippen molar-refractivity contribution in [2.45, 2.75) is 13.5 Å². The average Bonchev–Trinajstić information content (AvgIpc) is 3.29. The van der Waals surface area contributed by atoms with Gasteiger partial charge >= 0.3 is 5.91 Å². The molecule has 0 aliphatic rings. The van der Waals surface area contributed by atoms with E-state index < -0.39 is 10.8 Å². The fraction of sp³-hybridized carbons (Fsp3) is 0.120. The van der Waals surface area contributed by atoms with Crippen LogP contribution < -0.4 is 14.9 Å². The van der Waals surface area contributed by atoms with E-state index in [9.17, 15) is 14.9 Å². The maximum atomic E-state index is 12.4. The van der Waals surface area contributed by atoms with Gasteiger partial charge in [0.15, 0.2) is 17.3 Å². The number of rotatable bonds is 9. The van der Waals surface area contributed by atoms with Crippen LogP contribution in [0.1, 0.15) is 28.6 Å². The van der Waals surface area contributed by atoms with E-state index in [2.05, 4.69) is 10.5 Å². The average molecular weight is 528 g/mol. The Kier molecular flexibility index (Phi) is 7.72. The monoisotopic (exact) mass is 527 g/mol. The molecule has 0 atom stereocenters. The third kappa shape index (κ3) is 5.94. The highest BCUT2D eigenvalue weighted by Gasteiger charge is 2.15. The molecular formula is C25H19Cl2N3O6. The number of non-ortho nitro benzene ring substituents is 1. The number of hydrazone groups is 1. The quantitative estimate of drug-likeness (QED) is 0.153. The normalized spacial score (nSPS) is 11.1. The smallest absolute Gasteiger partial charge is 0.307 e. The number of nitro benzene ring substituents is 1. The first-order chi connectivity index (χ1) is 17.3. The summed E-state index contributed by atoms with van der Waals surface area (Å²) in [5, 5.41) is 16.2. The van der Waals surface area contributed by atoms with Crippen LogP contribution in [-0.4, -0.2) is 23.7 Å². The van der Waals surface area contributed by atoms with Crippen molar-refractivity contribution in [3.63, 3.8) is 0 Å². The number of amides is 1. The summed E-state index contributed by atoms with van der Waals surface area (Å²) in [6, 6.07) is 16.0. The van der Waals surface area contributed by atoms with Crippen molar-refractivity contribution >= 4 is 52.0 Å². The zero-order chi connectivity index (χ0) is 25.7. The van der Waals surface area contributed by atoms with Crippen LogP contribution in [0.25, 0.3) is 11.0 Å². The Morgan fingerprint density at radius 1 is 1.06 bits per heavy atom. The van der Waals surface area contributed by atoms with E-state index in [0.717, 1.165) is 5.56 Å². The summed E-state index contributed by atoms with van der Waals surface area (Å²) in [6.07, 6.45) is 1.44. The Balaban J connectivity index is 1.42. The third-order valence-electron chi connectivity index (χ3n) is 4.96. The van der Waals surface area contributed by atoms with Crippen LogP contribution in [0.15, 0.2) is 70.2 Å². The van der Waals surface area contributed by atoms with Crippen LogP contribution in [0.2, 0.25) is 10.0 Å². The van der Waals surface area contributed by atoms with Crippen LogP contribution in [0.3, 0.4) is 0 Å². The molecule has 1 aromatic heterocycles.